The van der Waals surface area contributed by atoms with Gasteiger partial charge in [-0.05, 0) is 31.0 Å². The van der Waals surface area contributed by atoms with Crippen LogP contribution in [0.15, 0.2) is 23.1 Å². The van der Waals surface area contributed by atoms with Gasteiger partial charge in [0.25, 0.3) is 0 Å². The fourth-order valence-electron chi connectivity index (χ4n) is 2.76. The summed E-state index contributed by atoms with van der Waals surface area (Å²) in [6.45, 7) is 2.75. The molecular weight excluding hydrogens is 336 g/mol. The molecule has 1 fully saturated rings. The fraction of sp³-hybridized carbons (Fsp3) is 0.562. The summed E-state index contributed by atoms with van der Waals surface area (Å²) in [7, 11) is 0. The second kappa shape index (κ2) is 8.66. The number of ether oxygens (including phenoxy) is 2. The van der Waals surface area contributed by atoms with Gasteiger partial charge in [-0.3, -0.25) is 4.79 Å². The smallest absolute Gasteiger partial charge is 0.223 e. The van der Waals surface area contributed by atoms with Crippen LogP contribution in [0, 0.1) is 0 Å². The first-order valence-electron chi connectivity index (χ1n) is 7.78. The first kappa shape index (κ1) is 18.2. The number of thioether (sulfide) groups is 1. The van der Waals surface area contributed by atoms with Crippen LogP contribution in [-0.4, -0.2) is 48.9 Å². The molecule has 1 amide bonds. The topological polar surface area (TPSA) is 64.8 Å². The van der Waals surface area contributed by atoms with E-state index in [1.807, 2.05) is 23.1 Å². The molecule has 2 N–H and O–H groups in total. The molecule has 0 aromatic heterocycles. The molecule has 1 unspecified atom stereocenters. The lowest BCUT2D eigenvalue weighted by Gasteiger charge is -2.30. The van der Waals surface area contributed by atoms with Crippen LogP contribution in [0.1, 0.15) is 19.3 Å². The number of likely N-dealkylation sites (tertiary alicyclic amines) is 1. The Hall–Kier alpha value is -1.11. The average molecular weight is 359 g/mol. The van der Waals surface area contributed by atoms with Gasteiger partial charge < -0.3 is 20.1 Å². The predicted molar refractivity (Wildman–Crippen MR) is 93.8 cm³/mol. The van der Waals surface area contributed by atoms with E-state index in [2.05, 4.69) is 0 Å². The third kappa shape index (κ3) is 4.93. The number of hydrogen-bond donors (Lipinski definition) is 1. The molecule has 1 saturated heterocycles. The van der Waals surface area contributed by atoms with Gasteiger partial charge in [0.15, 0.2) is 11.5 Å². The number of carbonyl (C=O) groups is 1. The maximum Gasteiger partial charge on any atom is 0.223 e. The molecule has 2 aliphatic heterocycles. The number of rotatable bonds is 4. The van der Waals surface area contributed by atoms with Crippen molar-refractivity contribution in [2.45, 2.75) is 30.2 Å². The Bertz CT molecular complexity index is 544. The molecule has 0 aliphatic carbocycles. The third-order valence-electron chi connectivity index (χ3n) is 3.91. The number of amides is 1. The summed E-state index contributed by atoms with van der Waals surface area (Å²) < 4.78 is 11.1. The van der Waals surface area contributed by atoms with Gasteiger partial charge in [-0.1, -0.05) is 0 Å². The minimum absolute atomic E-state index is 0. The number of nitrogens with two attached hydrogens (primary N) is 1. The van der Waals surface area contributed by atoms with Crippen LogP contribution in [-0.2, 0) is 4.79 Å². The summed E-state index contributed by atoms with van der Waals surface area (Å²) in [5.74, 6) is 2.57. The van der Waals surface area contributed by atoms with E-state index in [-0.39, 0.29) is 24.4 Å². The van der Waals surface area contributed by atoms with Gasteiger partial charge in [0.2, 0.25) is 5.91 Å². The van der Waals surface area contributed by atoms with Crippen molar-refractivity contribution in [3.63, 3.8) is 0 Å². The monoisotopic (exact) mass is 358 g/mol. The Morgan fingerprint density at radius 2 is 2.09 bits per heavy atom. The van der Waals surface area contributed by atoms with E-state index < -0.39 is 0 Å². The van der Waals surface area contributed by atoms with E-state index >= 15 is 0 Å². The fourth-order valence-corrected chi connectivity index (χ4v) is 3.63. The summed E-state index contributed by atoms with van der Waals surface area (Å²) in [6, 6.07) is 6.07. The minimum atomic E-state index is 0. The summed E-state index contributed by atoms with van der Waals surface area (Å²) in [5.41, 5.74) is 5.92. The highest BCUT2D eigenvalue weighted by molar-refractivity contribution is 7.99. The Balaban J connectivity index is 0.00000192. The lowest BCUT2D eigenvalue weighted by atomic mass is 10.1. The third-order valence-corrected chi connectivity index (χ3v) is 4.90. The van der Waals surface area contributed by atoms with Gasteiger partial charge in [0.1, 0.15) is 13.2 Å². The lowest BCUT2D eigenvalue weighted by molar-refractivity contribution is -0.131. The van der Waals surface area contributed by atoms with Crippen molar-refractivity contribution < 1.29 is 14.3 Å². The van der Waals surface area contributed by atoms with Gasteiger partial charge in [0, 0.05) is 36.2 Å². The zero-order valence-electron chi connectivity index (χ0n) is 13.0. The molecule has 1 atom stereocenters. The van der Waals surface area contributed by atoms with Crippen LogP contribution in [0.4, 0.5) is 0 Å². The molecule has 0 bridgehead atoms. The highest BCUT2D eigenvalue weighted by Gasteiger charge is 2.20. The van der Waals surface area contributed by atoms with E-state index in [1.54, 1.807) is 11.8 Å². The van der Waals surface area contributed by atoms with E-state index in [0.717, 1.165) is 41.5 Å². The van der Waals surface area contributed by atoms with Crippen LogP contribution >= 0.6 is 24.2 Å². The standard InChI is InChI=1S/C16H22N2O3S.ClH/c17-12-2-1-6-18(11-12)16(19)5-9-22-13-3-4-14-15(10-13)21-8-7-20-14;/h3-4,10,12H,1-2,5-9,11,17H2;1H. The molecule has 2 aliphatic rings. The number of halogens is 1. The maximum absolute atomic E-state index is 12.2. The van der Waals surface area contributed by atoms with Gasteiger partial charge >= 0.3 is 0 Å². The second-order valence-electron chi connectivity index (χ2n) is 5.65. The molecule has 2 heterocycles. The number of hydrogen-bond acceptors (Lipinski definition) is 5. The minimum Gasteiger partial charge on any atom is -0.486 e. The lowest BCUT2D eigenvalue weighted by Crippen LogP contribution is -2.45. The number of nitrogens with zero attached hydrogens (tertiary/aromatic N) is 1. The summed E-state index contributed by atoms with van der Waals surface area (Å²) >= 11 is 1.67. The highest BCUT2D eigenvalue weighted by Crippen LogP contribution is 2.34. The molecule has 1 aromatic carbocycles. The molecule has 0 radical (unpaired) electrons. The zero-order chi connectivity index (χ0) is 15.4. The van der Waals surface area contributed by atoms with E-state index in [9.17, 15) is 4.79 Å². The summed E-state index contributed by atoms with van der Waals surface area (Å²) in [5, 5.41) is 0. The van der Waals surface area contributed by atoms with Crippen molar-refractivity contribution >= 4 is 30.1 Å². The van der Waals surface area contributed by atoms with Crippen LogP contribution < -0.4 is 15.2 Å². The average Bonchev–Trinajstić information content (AvgIpc) is 2.54. The Labute approximate surface area is 147 Å². The molecule has 0 saturated carbocycles. The number of carbonyl (C=O) groups excluding carboxylic acids is 1. The molecule has 7 heteroatoms. The largest absolute Gasteiger partial charge is 0.486 e. The van der Waals surface area contributed by atoms with Crippen molar-refractivity contribution in [1.29, 1.82) is 0 Å². The molecule has 3 rings (SSSR count). The Morgan fingerprint density at radius 3 is 2.87 bits per heavy atom. The maximum atomic E-state index is 12.2. The van der Waals surface area contributed by atoms with Crippen molar-refractivity contribution in [3.05, 3.63) is 18.2 Å². The van der Waals surface area contributed by atoms with Crippen molar-refractivity contribution in [3.8, 4) is 11.5 Å². The Morgan fingerprint density at radius 1 is 1.30 bits per heavy atom. The van der Waals surface area contributed by atoms with E-state index in [0.29, 0.717) is 26.2 Å². The molecule has 23 heavy (non-hydrogen) atoms. The zero-order valence-corrected chi connectivity index (χ0v) is 14.7. The molecule has 1 aromatic rings. The van der Waals surface area contributed by atoms with E-state index in [4.69, 9.17) is 15.2 Å². The van der Waals surface area contributed by atoms with Crippen LogP contribution in [0.5, 0.6) is 11.5 Å². The van der Waals surface area contributed by atoms with Crippen LogP contribution in [0.25, 0.3) is 0 Å². The van der Waals surface area contributed by atoms with Gasteiger partial charge in [0.05, 0.1) is 0 Å². The van der Waals surface area contributed by atoms with Crippen LogP contribution in [0.3, 0.4) is 0 Å². The van der Waals surface area contributed by atoms with E-state index in [1.165, 1.54) is 0 Å². The summed E-state index contributed by atoms with van der Waals surface area (Å²) in [6.07, 6.45) is 2.59. The van der Waals surface area contributed by atoms with Crippen molar-refractivity contribution in [2.24, 2.45) is 5.73 Å². The number of benzene rings is 1. The highest BCUT2D eigenvalue weighted by atomic mass is 35.5. The molecular formula is C16H23ClN2O3S. The first-order valence-corrected chi connectivity index (χ1v) is 8.77. The van der Waals surface area contributed by atoms with Crippen molar-refractivity contribution in [1.82, 2.24) is 4.90 Å². The van der Waals surface area contributed by atoms with Gasteiger partial charge in [-0.2, -0.15) is 0 Å². The SMILES string of the molecule is Cl.NC1CCCN(C(=O)CCSc2ccc3c(c2)OCCO3)C1. The number of piperidine rings is 1. The summed E-state index contributed by atoms with van der Waals surface area (Å²) in [4.78, 5) is 15.2. The Kier molecular flexibility index (Phi) is 6.87. The molecule has 0 spiro atoms. The molecule has 5 nitrogen and oxygen atoms in total. The van der Waals surface area contributed by atoms with Crippen molar-refractivity contribution in [2.75, 3.05) is 32.1 Å². The first-order chi connectivity index (χ1) is 10.7. The second-order valence-corrected chi connectivity index (χ2v) is 6.81. The normalized spacial score (nSPS) is 19.9. The number of fused-ring (bicyclic) bond motifs is 1. The van der Waals surface area contributed by atoms with Gasteiger partial charge in [-0.15, -0.1) is 24.2 Å². The van der Waals surface area contributed by atoms with Crippen LogP contribution in [0.2, 0.25) is 0 Å². The molecule has 128 valence electrons. The quantitative estimate of drug-likeness (QED) is 0.837. The van der Waals surface area contributed by atoms with Gasteiger partial charge in [-0.25, -0.2) is 0 Å². The predicted octanol–water partition coefficient (Wildman–Crippen LogP) is 2.31.